The molecule has 1 radical (unpaired) electrons. The minimum absolute atomic E-state index is 0.128. The Morgan fingerprint density at radius 2 is 2.11 bits per heavy atom. The summed E-state index contributed by atoms with van der Waals surface area (Å²) in [6.45, 7) is 6.01. The SMILES string of the molecule is Cc1cccc(C)c1NC(=O)CCC1CCC[N]C1. The maximum absolute atomic E-state index is 12.0. The van der Waals surface area contributed by atoms with Gasteiger partial charge in [-0.3, -0.25) is 4.79 Å². The molecule has 1 fully saturated rings. The Morgan fingerprint density at radius 1 is 1.37 bits per heavy atom. The molecule has 1 heterocycles. The maximum Gasteiger partial charge on any atom is 0.224 e. The molecule has 1 aromatic carbocycles. The van der Waals surface area contributed by atoms with Crippen LogP contribution in [0.15, 0.2) is 18.2 Å². The first-order valence-electron chi connectivity index (χ1n) is 7.16. The van der Waals surface area contributed by atoms with Crippen molar-refractivity contribution < 1.29 is 4.79 Å². The van der Waals surface area contributed by atoms with E-state index in [1.807, 2.05) is 32.0 Å². The minimum atomic E-state index is 0.128. The Hall–Kier alpha value is -1.35. The Bertz CT molecular complexity index is 416. The van der Waals surface area contributed by atoms with E-state index in [9.17, 15) is 4.79 Å². The van der Waals surface area contributed by atoms with Crippen molar-refractivity contribution in [3.8, 4) is 0 Å². The summed E-state index contributed by atoms with van der Waals surface area (Å²) in [7, 11) is 0. The second-order valence-electron chi connectivity index (χ2n) is 5.49. The number of carbonyl (C=O) groups excluding carboxylic acids is 1. The number of benzene rings is 1. The van der Waals surface area contributed by atoms with Crippen LogP contribution in [0.2, 0.25) is 0 Å². The first kappa shape index (κ1) is 14.1. The van der Waals surface area contributed by atoms with Gasteiger partial charge in [0.25, 0.3) is 0 Å². The summed E-state index contributed by atoms with van der Waals surface area (Å²) < 4.78 is 0. The lowest BCUT2D eigenvalue weighted by Crippen LogP contribution is -2.25. The predicted molar refractivity (Wildman–Crippen MR) is 78.4 cm³/mol. The minimum Gasteiger partial charge on any atom is -0.326 e. The van der Waals surface area contributed by atoms with Crippen LogP contribution >= 0.6 is 0 Å². The van der Waals surface area contributed by atoms with Crippen molar-refractivity contribution >= 4 is 11.6 Å². The fourth-order valence-corrected chi connectivity index (χ4v) is 2.64. The molecule has 0 bridgehead atoms. The molecule has 2 rings (SSSR count). The van der Waals surface area contributed by atoms with Crippen LogP contribution in [0.5, 0.6) is 0 Å². The molecular formula is C16H23N2O. The third-order valence-corrected chi connectivity index (χ3v) is 3.84. The first-order valence-corrected chi connectivity index (χ1v) is 7.16. The zero-order valence-electron chi connectivity index (χ0n) is 11.9. The number of nitrogens with one attached hydrogen (secondary N) is 1. The number of hydrogen-bond donors (Lipinski definition) is 1. The molecule has 19 heavy (non-hydrogen) atoms. The van der Waals surface area contributed by atoms with Gasteiger partial charge in [0.05, 0.1) is 0 Å². The lowest BCUT2D eigenvalue weighted by atomic mass is 9.94. The quantitative estimate of drug-likeness (QED) is 0.887. The van der Waals surface area contributed by atoms with Crippen molar-refractivity contribution in [1.29, 1.82) is 0 Å². The largest absolute Gasteiger partial charge is 0.326 e. The van der Waals surface area contributed by atoms with Crippen molar-refractivity contribution in [3.63, 3.8) is 0 Å². The molecule has 103 valence electrons. The van der Waals surface area contributed by atoms with Crippen molar-refractivity contribution in [2.45, 2.75) is 39.5 Å². The average molecular weight is 259 g/mol. The molecule has 1 aromatic rings. The summed E-state index contributed by atoms with van der Waals surface area (Å²) in [6.07, 6.45) is 3.97. The number of aryl methyl sites for hydroxylation is 2. The highest BCUT2D eigenvalue weighted by molar-refractivity contribution is 5.92. The molecule has 1 N–H and O–H groups in total. The van der Waals surface area contributed by atoms with Crippen LogP contribution in [0.4, 0.5) is 5.69 Å². The maximum atomic E-state index is 12.0. The Kier molecular flexibility index (Phi) is 4.97. The summed E-state index contributed by atoms with van der Waals surface area (Å²) in [6, 6.07) is 6.08. The molecule has 1 aliphatic rings. The molecule has 0 aliphatic carbocycles. The van der Waals surface area contributed by atoms with Crippen molar-refractivity contribution in [2.75, 3.05) is 18.4 Å². The highest BCUT2D eigenvalue weighted by atomic mass is 16.1. The fourth-order valence-electron chi connectivity index (χ4n) is 2.64. The molecule has 1 atom stereocenters. The molecule has 0 saturated carbocycles. The van der Waals surface area contributed by atoms with E-state index < -0.39 is 0 Å². The van der Waals surface area contributed by atoms with Crippen molar-refractivity contribution in [1.82, 2.24) is 5.32 Å². The summed E-state index contributed by atoms with van der Waals surface area (Å²) in [4.78, 5) is 12.0. The van der Waals surface area contributed by atoms with Gasteiger partial charge in [-0.1, -0.05) is 18.2 Å². The molecule has 1 saturated heterocycles. The van der Waals surface area contributed by atoms with Crippen molar-refractivity contribution in [3.05, 3.63) is 29.3 Å². The van der Waals surface area contributed by atoms with Gasteiger partial charge in [-0.2, -0.15) is 0 Å². The fraction of sp³-hybridized carbons (Fsp3) is 0.562. The number of anilines is 1. The zero-order valence-corrected chi connectivity index (χ0v) is 11.9. The molecule has 0 aromatic heterocycles. The number of hydrogen-bond acceptors (Lipinski definition) is 1. The monoisotopic (exact) mass is 259 g/mol. The van der Waals surface area contributed by atoms with Crippen LogP contribution in [0.1, 0.15) is 36.8 Å². The lowest BCUT2D eigenvalue weighted by molar-refractivity contribution is -0.116. The molecule has 0 spiro atoms. The topological polar surface area (TPSA) is 43.2 Å². The third-order valence-electron chi connectivity index (χ3n) is 3.84. The van der Waals surface area contributed by atoms with E-state index in [0.29, 0.717) is 12.3 Å². The first-order chi connectivity index (χ1) is 9.16. The summed E-state index contributed by atoms with van der Waals surface area (Å²) in [5, 5.41) is 7.47. The summed E-state index contributed by atoms with van der Waals surface area (Å²) >= 11 is 0. The summed E-state index contributed by atoms with van der Waals surface area (Å²) in [5.74, 6) is 0.737. The van der Waals surface area contributed by atoms with Crippen LogP contribution in [-0.2, 0) is 4.79 Å². The highest BCUT2D eigenvalue weighted by Gasteiger charge is 2.15. The normalized spacial score (nSPS) is 19.2. The number of carbonyl (C=O) groups is 1. The molecular weight excluding hydrogens is 236 g/mol. The lowest BCUT2D eigenvalue weighted by Gasteiger charge is -2.21. The molecule has 3 heteroatoms. The van der Waals surface area contributed by atoms with Gasteiger partial charge in [0.1, 0.15) is 0 Å². The van der Waals surface area contributed by atoms with Gasteiger partial charge >= 0.3 is 0 Å². The summed E-state index contributed by atoms with van der Waals surface area (Å²) in [5.41, 5.74) is 3.22. The second-order valence-corrected chi connectivity index (χ2v) is 5.49. The Morgan fingerprint density at radius 3 is 2.74 bits per heavy atom. The Balaban J connectivity index is 1.83. The van der Waals surface area contributed by atoms with Gasteiger partial charge in [0.2, 0.25) is 5.91 Å². The van der Waals surface area contributed by atoms with Crippen LogP contribution in [0.3, 0.4) is 0 Å². The molecule has 1 unspecified atom stereocenters. The van der Waals surface area contributed by atoms with E-state index in [4.69, 9.17) is 0 Å². The molecule has 1 amide bonds. The Labute approximate surface area is 115 Å². The van der Waals surface area contributed by atoms with Crippen LogP contribution < -0.4 is 10.6 Å². The number of nitrogens with zero attached hydrogens (tertiary/aromatic N) is 1. The standard InChI is InChI=1S/C16H23N2O/c1-12-5-3-6-13(2)16(12)18-15(19)9-8-14-7-4-10-17-11-14/h3,5-6,14H,4,7-11H2,1-2H3,(H,18,19). The van der Waals surface area contributed by atoms with Crippen LogP contribution in [0.25, 0.3) is 0 Å². The van der Waals surface area contributed by atoms with Gasteiger partial charge in [0, 0.05) is 25.2 Å². The third kappa shape index (κ3) is 4.06. The van der Waals surface area contributed by atoms with Gasteiger partial charge < -0.3 is 5.32 Å². The zero-order chi connectivity index (χ0) is 13.7. The number of rotatable bonds is 4. The van der Waals surface area contributed by atoms with Gasteiger partial charge in [-0.05, 0) is 50.2 Å². The number of amides is 1. The van der Waals surface area contributed by atoms with E-state index in [1.54, 1.807) is 0 Å². The molecule has 3 nitrogen and oxygen atoms in total. The average Bonchev–Trinajstić information content (AvgIpc) is 2.42. The number of para-hydroxylation sites is 1. The van der Waals surface area contributed by atoms with Crippen LogP contribution in [0, 0.1) is 19.8 Å². The van der Waals surface area contributed by atoms with E-state index in [2.05, 4.69) is 10.6 Å². The van der Waals surface area contributed by atoms with E-state index >= 15 is 0 Å². The van der Waals surface area contributed by atoms with Crippen LogP contribution in [-0.4, -0.2) is 19.0 Å². The smallest absolute Gasteiger partial charge is 0.224 e. The number of piperidine rings is 1. The van der Waals surface area contributed by atoms with E-state index in [-0.39, 0.29) is 5.91 Å². The predicted octanol–water partition coefficient (Wildman–Crippen LogP) is 3.04. The molecule has 1 aliphatic heterocycles. The van der Waals surface area contributed by atoms with E-state index in [1.165, 1.54) is 12.8 Å². The highest BCUT2D eigenvalue weighted by Crippen LogP contribution is 2.21. The van der Waals surface area contributed by atoms with Gasteiger partial charge in [-0.15, -0.1) is 0 Å². The second kappa shape index (κ2) is 6.71. The van der Waals surface area contributed by atoms with Gasteiger partial charge in [-0.25, -0.2) is 5.32 Å². The van der Waals surface area contributed by atoms with E-state index in [0.717, 1.165) is 36.3 Å². The van der Waals surface area contributed by atoms with Crippen molar-refractivity contribution in [2.24, 2.45) is 5.92 Å². The van der Waals surface area contributed by atoms with Gasteiger partial charge in [0.15, 0.2) is 0 Å².